The molecule has 0 spiro atoms. The molecular weight excluding hydrogens is 244 g/mol. The standard InChI is InChI=1S/C18H30N2/c1-3-4-5-6-7-11-17(14-19)20-15(2)13-16-10-8-9-12-18(16)20/h8-10,12,15,17H,3-7,11,13-14,19H2,1-2H3. The minimum atomic E-state index is 0.510. The molecule has 1 aliphatic rings. The Morgan fingerprint density at radius 1 is 1.20 bits per heavy atom. The lowest BCUT2D eigenvalue weighted by molar-refractivity contribution is 0.487. The van der Waals surface area contributed by atoms with Gasteiger partial charge >= 0.3 is 0 Å². The first kappa shape index (κ1) is 15.4. The van der Waals surface area contributed by atoms with E-state index in [0.717, 1.165) is 6.54 Å². The molecule has 0 aliphatic carbocycles. The van der Waals surface area contributed by atoms with Crippen LogP contribution < -0.4 is 10.6 Å². The van der Waals surface area contributed by atoms with Gasteiger partial charge in [-0.15, -0.1) is 0 Å². The van der Waals surface area contributed by atoms with Crippen molar-refractivity contribution >= 4 is 5.69 Å². The van der Waals surface area contributed by atoms with Crippen molar-refractivity contribution in [2.45, 2.75) is 70.9 Å². The van der Waals surface area contributed by atoms with Gasteiger partial charge in [-0.25, -0.2) is 0 Å². The minimum Gasteiger partial charge on any atom is -0.364 e. The van der Waals surface area contributed by atoms with Crippen molar-refractivity contribution in [1.29, 1.82) is 0 Å². The molecule has 1 aliphatic heterocycles. The van der Waals surface area contributed by atoms with Gasteiger partial charge in [-0.1, -0.05) is 57.2 Å². The molecule has 2 heteroatoms. The average molecular weight is 274 g/mol. The second-order valence-electron chi connectivity index (χ2n) is 6.18. The van der Waals surface area contributed by atoms with E-state index in [2.05, 4.69) is 43.0 Å². The van der Waals surface area contributed by atoms with Gasteiger partial charge in [0, 0.05) is 24.3 Å². The van der Waals surface area contributed by atoms with Crippen molar-refractivity contribution in [2.24, 2.45) is 5.73 Å². The van der Waals surface area contributed by atoms with E-state index in [0.29, 0.717) is 12.1 Å². The molecule has 112 valence electrons. The predicted molar refractivity (Wildman–Crippen MR) is 88.3 cm³/mol. The van der Waals surface area contributed by atoms with Gasteiger partial charge in [0.15, 0.2) is 0 Å². The van der Waals surface area contributed by atoms with E-state index in [4.69, 9.17) is 5.73 Å². The number of hydrogen-bond acceptors (Lipinski definition) is 2. The Morgan fingerprint density at radius 3 is 2.70 bits per heavy atom. The van der Waals surface area contributed by atoms with Crippen LogP contribution in [0.15, 0.2) is 24.3 Å². The summed E-state index contributed by atoms with van der Waals surface area (Å²) in [5.74, 6) is 0. The van der Waals surface area contributed by atoms with Crippen LogP contribution in [-0.2, 0) is 6.42 Å². The van der Waals surface area contributed by atoms with E-state index < -0.39 is 0 Å². The highest BCUT2D eigenvalue weighted by Gasteiger charge is 2.30. The largest absolute Gasteiger partial charge is 0.364 e. The third-order valence-electron chi connectivity index (χ3n) is 4.57. The smallest absolute Gasteiger partial charge is 0.0415 e. The summed E-state index contributed by atoms with van der Waals surface area (Å²) in [6.45, 7) is 5.37. The fraction of sp³-hybridized carbons (Fsp3) is 0.667. The zero-order valence-corrected chi connectivity index (χ0v) is 13.1. The van der Waals surface area contributed by atoms with Gasteiger partial charge in [0.2, 0.25) is 0 Å². The summed E-state index contributed by atoms with van der Waals surface area (Å²) in [5.41, 5.74) is 8.98. The third kappa shape index (κ3) is 3.54. The molecule has 0 fully saturated rings. The van der Waals surface area contributed by atoms with Gasteiger partial charge in [-0.05, 0) is 31.4 Å². The van der Waals surface area contributed by atoms with Gasteiger partial charge in [0.1, 0.15) is 0 Å². The second-order valence-corrected chi connectivity index (χ2v) is 6.18. The predicted octanol–water partition coefficient (Wildman–Crippen LogP) is 4.13. The summed E-state index contributed by atoms with van der Waals surface area (Å²) in [6, 6.07) is 9.93. The number of rotatable bonds is 8. The maximum absolute atomic E-state index is 6.07. The first-order valence-corrected chi connectivity index (χ1v) is 8.34. The number of fused-ring (bicyclic) bond motifs is 1. The summed E-state index contributed by atoms with van der Waals surface area (Å²) < 4.78 is 0. The van der Waals surface area contributed by atoms with E-state index >= 15 is 0 Å². The summed E-state index contributed by atoms with van der Waals surface area (Å²) >= 11 is 0. The monoisotopic (exact) mass is 274 g/mol. The van der Waals surface area contributed by atoms with E-state index in [1.165, 1.54) is 56.2 Å². The van der Waals surface area contributed by atoms with Crippen LogP contribution in [-0.4, -0.2) is 18.6 Å². The summed E-state index contributed by atoms with van der Waals surface area (Å²) in [4.78, 5) is 2.58. The number of anilines is 1. The Morgan fingerprint density at radius 2 is 1.95 bits per heavy atom. The molecule has 0 bridgehead atoms. The Hall–Kier alpha value is -1.02. The van der Waals surface area contributed by atoms with E-state index in [-0.39, 0.29) is 0 Å². The summed E-state index contributed by atoms with van der Waals surface area (Å²) in [5, 5.41) is 0. The molecule has 0 aromatic heterocycles. The molecule has 2 atom stereocenters. The normalized spacial score (nSPS) is 19.1. The molecule has 1 aromatic rings. The van der Waals surface area contributed by atoms with Crippen molar-refractivity contribution in [2.75, 3.05) is 11.4 Å². The van der Waals surface area contributed by atoms with Gasteiger partial charge < -0.3 is 10.6 Å². The van der Waals surface area contributed by atoms with E-state index in [1.54, 1.807) is 0 Å². The van der Waals surface area contributed by atoms with Crippen LogP contribution in [0.2, 0.25) is 0 Å². The first-order chi connectivity index (χ1) is 9.77. The Labute approximate surface area is 124 Å². The Kier molecular flexibility index (Phi) is 5.90. The van der Waals surface area contributed by atoms with Gasteiger partial charge in [-0.2, -0.15) is 0 Å². The highest BCUT2D eigenvalue weighted by Crippen LogP contribution is 2.34. The molecule has 1 aromatic carbocycles. The van der Waals surface area contributed by atoms with E-state index in [1.807, 2.05) is 0 Å². The van der Waals surface area contributed by atoms with Crippen LogP contribution in [0.3, 0.4) is 0 Å². The maximum Gasteiger partial charge on any atom is 0.0415 e. The van der Waals surface area contributed by atoms with Crippen molar-refractivity contribution in [3.05, 3.63) is 29.8 Å². The number of benzene rings is 1. The molecular formula is C18H30N2. The van der Waals surface area contributed by atoms with Gasteiger partial charge in [0.05, 0.1) is 0 Å². The lowest BCUT2D eigenvalue weighted by Gasteiger charge is -2.33. The lowest BCUT2D eigenvalue weighted by Crippen LogP contribution is -2.44. The molecule has 20 heavy (non-hydrogen) atoms. The van der Waals surface area contributed by atoms with Crippen molar-refractivity contribution in [3.63, 3.8) is 0 Å². The Balaban J connectivity index is 1.93. The summed E-state index contributed by atoms with van der Waals surface area (Å²) in [7, 11) is 0. The molecule has 1 heterocycles. The Bertz CT molecular complexity index is 402. The molecule has 2 N–H and O–H groups in total. The van der Waals surface area contributed by atoms with Gasteiger partial charge in [0.25, 0.3) is 0 Å². The van der Waals surface area contributed by atoms with Crippen LogP contribution in [0.25, 0.3) is 0 Å². The van der Waals surface area contributed by atoms with Crippen molar-refractivity contribution < 1.29 is 0 Å². The number of nitrogens with zero attached hydrogens (tertiary/aromatic N) is 1. The lowest BCUT2D eigenvalue weighted by atomic mass is 10.0. The first-order valence-electron chi connectivity index (χ1n) is 8.34. The molecule has 2 rings (SSSR count). The van der Waals surface area contributed by atoms with Crippen molar-refractivity contribution in [3.8, 4) is 0 Å². The fourth-order valence-corrected chi connectivity index (χ4v) is 3.50. The molecule has 2 unspecified atom stereocenters. The number of hydrogen-bond donors (Lipinski definition) is 1. The third-order valence-corrected chi connectivity index (χ3v) is 4.57. The van der Waals surface area contributed by atoms with Crippen LogP contribution in [0, 0.1) is 0 Å². The van der Waals surface area contributed by atoms with Crippen LogP contribution >= 0.6 is 0 Å². The SMILES string of the molecule is CCCCCCCC(CN)N1c2ccccc2CC1C. The molecule has 0 amide bonds. The quantitative estimate of drug-likeness (QED) is 0.722. The summed E-state index contributed by atoms with van der Waals surface area (Å²) in [6.07, 6.45) is 9.13. The topological polar surface area (TPSA) is 29.3 Å². The molecule has 0 saturated carbocycles. The highest BCUT2D eigenvalue weighted by molar-refractivity contribution is 5.60. The molecule has 0 radical (unpaired) electrons. The van der Waals surface area contributed by atoms with Crippen LogP contribution in [0.4, 0.5) is 5.69 Å². The number of unbranched alkanes of at least 4 members (excludes halogenated alkanes) is 4. The second kappa shape index (κ2) is 7.68. The average Bonchev–Trinajstić information content (AvgIpc) is 2.79. The highest BCUT2D eigenvalue weighted by atomic mass is 15.2. The maximum atomic E-state index is 6.07. The van der Waals surface area contributed by atoms with Crippen LogP contribution in [0.5, 0.6) is 0 Å². The zero-order valence-electron chi connectivity index (χ0n) is 13.1. The fourth-order valence-electron chi connectivity index (χ4n) is 3.50. The van der Waals surface area contributed by atoms with Crippen LogP contribution in [0.1, 0.15) is 57.9 Å². The van der Waals surface area contributed by atoms with E-state index in [9.17, 15) is 0 Å². The minimum absolute atomic E-state index is 0.510. The molecule has 2 nitrogen and oxygen atoms in total. The van der Waals surface area contributed by atoms with Crippen molar-refractivity contribution in [1.82, 2.24) is 0 Å². The van der Waals surface area contributed by atoms with Gasteiger partial charge in [-0.3, -0.25) is 0 Å². The number of para-hydroxylation sites is 1. The molecule has 0 saturated heterocycles. The zero-order chi connectivity index (χ0) is 14.4. The number of nitrogens with two attached hydrogens (primary N) is 1.